The van der Waals surface area contributed by atoms with E-state index in [1.807, 2.05) is 24.3 Å². The van der Waals surface area contributed by atoms with Crippen LogP contribution in [0.15, 0.2) is 53.7 Å². The van der Waals surface area contributed by atoms with E-state index >= 15 is 0 Å². The number of ether oxygens (including phenoxy) is 2. The lowest BCUT2D eigenvalue weighted by molar-refractivity contribution is 0.405. The third-order valence-electron chi connectivity index (χ3n) is 4.23. The number of methoxy groups -OCH3 is 2. The van der Waals surface area contributed by atoms with Gasteiger partial charge in [0.1, 0.15) is 11.5 Å². The number of anilines is 1. The van der Waals surface area contributed by atoms with E-state index in [2.05, 4.69) is 39.7 Å². The minimum absolute atomic E-state index is 0. The van der Waals surface area contributed by atoms with Gasteiger partial charge in [0.2, 0.25) is 0 Å². The van der Waals surface area contributed by atoms with E-state index in [1.54, 1.807) is 14.2 Å². The number of guanidine groups is 1. The fraction of sp³-hybridized carbons (Fsp3) is 0.250. The van der Waals surface area contributed by atoms with E-state index in [4.69, 9.17) is 15.2 Å². The number of aliphatic imine (C=N–C) groups is 1. The Balaban J connectivity index is 0.00000261. The highest BCUT2D eigenvalue weighted by Gasteiger charge is 2.06. The second-order valence-corrected chi connectivity index (χ2v) is 5.92. The second-order valence-electron chi connectivity index (χ2n) is 5.92. The number of para-hydroxylation sites is 1. The van der Waals surface area contributed by atoms with Crippen molar-refractivity contribution in [2.24, 2.45) is 10.7 Å². The molecule has 0 radical (unpaired) electrons. The molecule has 7 heteroatoms. The van der Waals surface area contributed by atoms with Crippen molar-refractivity contribution in [3.63, 3.8) is 0 Å². The maximum atomic E-state index is 6.01. The highest BCUT2D eigenvalue weighted by Crippen LogP contribution is 2.28. The molecule has 0 aliphatic heterocycles. The molecule has 0 saturated heterocycles. The molecule has 0 aliphatic rings. The van der Waals surface area contributed by atoms with E-state index in [9.17, 15) is 0 Å². The fourth-order valence-electron chi connectivity index (χ4n) is 2.90. The van der Waals surface area contributed by atoms with Gasteiger partial charge in [-0.25, -0.2) is 0 Å². The average molecular weight is 480 g/mol. The maximum absolute atomic E-state index is 6.01. The van der Waals surface area contributed by atoms with Crippen molar-refractivity contribution in [2.75, 3.05) is 26.1 Å². The van der Waals surface area contributed by atoms with Crippen LogP contribution in [0, 0.1) is 0 Å². The van der Waals surface area contributed by atoms with E-state index in [0.29, 0.717) is 18.3 Å². The summed E-state index contributed by atoms with van der Waals surface area (Å²) in [6.07, 6.45) is 3.93. The van der Waals surface area contributed by atoms with Crippen molar-refractivity contribution in [3.05, 3.63) is 54.2 Å². The van der Waals surface area contributed by atoms with Gasteiger partial charge in [0.25, 0.3) is 0 Å². The third-order valence-corrected chi connectivity index (χ3v) is 4.23. The molecule has 0 amide bonds. The Labute approximate surface area is 176 Å². The summed E-state index contributed by atoms with van der Waals surface area (Å²) < 4.78 is 10.6. The number of fused-ring (bicyclic) bond motifs is 1. The molecule has 0 atom stereocenters. The first-order valence-electron chi connectivity index (χ1n) is 8.55. The number of aromatic nitrogens is 1. The number of aryl methyl sites for hydroxylation is 1. The van der Waals surface area contributed by atoms with Gasteiger partial charge in [-0.2, -0.15) is 0 Å². The smallest absolute Gasteiger partial charge is 0.193 e. The number of nitrogens with zero attached hydrogens (tertiary/aromatic N) is 1. The lowest BCUT2D eigenvalue weighted by atomic mass is 10.1. The average Bonchev–Trinajstić information content (AvgIpc) is 3.08. The van der Waals surface area contributed by atoms with Crippen molar-refractivity contribution >= 4 is 46.5 Å². The summed E-state index contributed by atoms with van der Waals surface area (Å²) in [6.45, 7) is 0.643. The number of nitrogens with one attached hydrogen (secondary N) is 2. The highest BCUT2D eigenvalue weighted by molar-refractivity contribution is 14.0. The zero-order valence-corrected chi connectivity index (χ0v) is 17.8. The molecular formula is C20H25IN4O2. The van der Waals surface area contributed by atoms with E-state index < -0.39 is 0 Å². The number of H-pyrrole nitrogens is 1. The lowest BCUT2D eigenvalue weighted by Gasteiger charge is -2.12. The molecule has 3 rings (SSSR count). The largest absolute Gasteiger partial charge is 0.497 e. The summed E-state index contributed by atoms with van der Waals surface area (Å²) in [5.74, 6) is 1.76. The SMILES string of the molecule is COc1ccc(OC)c(NC(N)=NCCCc2c[nH]c3ccccc23)c1.I. The molecule has 144 valence electrons. The Kier molecular flexibility index (Phi) is 7.78. The molecule has 27 heavy (non-hydrogen) atoms. The third kappa shape index (κ3) is 5.29. The van der Waals surface area contributed by atoms with Crippen LogP contribution in [0.4, 0.5) is 5.69 Å². The van der Waals surface area contributed by atoms with Crippen LogP contribution in [-0.4, -0.2) is 31.7 Å². The first-order valence-corrected chi connectivity index (χ1v) is 8.55. The van der Waals surface area contributed by atoms with E-state index in [1.165, 1.54) is 10.9 Å². The molecule has 0 fully saturated rings. The first-order chi connectivity index (χ1) is 12.7. The summed E-state index contributed by atoms with van der Waals surface area (Å²) in [5, 5.41) is 4.34. The molecule has 1 aromatic heterocycles. The van der Waals surface area contributed by atoms with Crippen LogP contribution < -0.4 is 20.5 Å². The zero-order chi connectivity index (χ0) is 18.4. The van der Waals surface area contributed by atoms with Crippen molar-refractivity contribution in [3.8, 4) is 11.5 Å². The Morgan fingerprint density at radius 1 is 1.15 bits per heavy atom. The summed E-state index contributed by atoms with van der Waals surface area (Å²) in [7, 11) is 3.23. The Hall–Kier alpha value is -2.42. The molecule has 1 heterocycles. The predicted octanol–water partition coefficient (Wildman–Crippen LogP) is 4.16. The fourth-order valence-corrected chi connectivity index (χ4v) is 2.90. The van der Waals surface area contributed by atoms with Crippen LogP contribution in [0.25, 0.3) is 10.9 Å². The minimum Gasteiger partial charge on any atom is -0.497 e. The van der Waals surface area contributed by atoms with Crippen LogP contribution in [0.1, 0.15) is 12.0 Å². The van der Waals surface area contributed by atoms with Crippen LogP contribution >= 0.6 is 24.0 Å². The molecule has 2 aromatic carbocycles. The normalized spacial score (nSPS) is 11.1. The Morgan fingerprint density at radius 2 is 1.96 bits per heavy atom. The Morgan fingerprint density at radius 3 is 2.74 bits per heavy atom. The van der Waals surface area contributed by atoms with Gasteiger partial charge in [0.15, 0.2) is 5.96 Å². The van der Waals surface area contributed by atoms with Gasteiger partial charge >= 0.3 is 0 Å². The number of rotatable bonds is 7. The van der Waals surface area contributed by atoms with Crippen molar-refractivity contribution in [2.45, 2.75) is 12.8 Å². The number of hydrogen-bond donors (Lipinski definition) is 3. The summed E-state index contributed by atoms with van der Waals surface area (Å²) in [5.41, 5.74) is 9.20. The highest BCUT2D eigenvalue weighted by atomic mass is 127. The van der Waals surface area contributed by atoms with Gasteiger partial charge in [0, 0.05) is 29.7 Å². The molecule has 0 bridgehead atoms. The van der Waals surface area contributed by atoms with Gasteiger partial charge in [-0.1, -0.05) is 18.2 Å². The van der Waals surface area contributed by atoms with Crippen molar-refractivity contribution in [1.29, 1.82) is 0 Å². The molecule has 0 saturated carbocycles. The first kappa shape index (κ1) is 20.9. The molecule has 3 aromatic rings. The standard InChI is InChI=1S/C20H24N4O2.HI/c1-25-15-9-10-19(26-2)18(12-15)24-20(21)22-11-5-6-14-13-23-17-8-4-3-7-16(14)17;/h3-4,7-10,12-13,23H,5-6,11H2,1-2H3,(H3,21,22,24);1H. The Bertz CT molecular complexity index is 908. The van der Waals surface area contributed by atoms with Crippen LogP contribution in [0.3, 0.4) is 0 Å². The molecule has 0 unspecified atom stereocenters. The summed E-state index contributed by atoms with van der Waals surface area (Å²) in [6, 6.07) is 13.8. The van der Waals surface area contributed by atoms with Gasteiger partial charge in [-0.3, -0.25) is 4.99 Å². The van der Waals surface area contributed by atoms with Gasteiger partial charge in [-0.15, -0.1) is 24.0 Å². The number of nitrogens with two attached hydrogens (primary N) is 1. The number of aromatic amines is 1. The van der Waals surface area contributed by atoms with Gasteiger partial charge in [-0.05, 0) is 36.6 Å². The monoisotopic (exact) mass is 480 g/mol. The zero-order valence-electron chi connectivity index (χ0n) is 15.5. The molecule has 0 spiro atoms. The van der Waals surface area contributed by atoms with Crippen LogP contribution in [-0.2, 0) is 6.42 Å². The van der Waals surface area contributed by atoms with E-state index in [0.717, 1.165) is 29.8 Å². The van der Waals surface area contributed by atoms with Gasteiger partial charge in [0.05, 0.1) is 19.9 Å². The minimum atomic E-state index is 0. The van der Waals surface area contributed by atoms with E-state index in [-0.39, 0.29) is 24.0 Å². The quantitative estimate of drug-likeness (QED) is 0.205. The molecular weight excluding hydrogens is 455 g/mol. The topological polar surface area (TPSA) is 84.7 Å². The predicted molar refractivity (Wildman–Crippen MR) is 122 cm³/mol. The number of benzene rings is 2. The molecule has 0 aliphatic carbocycles. The van der Waals surface area contributed by atoms with Gasteiger partial charge < -0.3 is 25.5 Å². The van der Waals surface area contributed by atoms with Crippen molar-refractivity contribution < 1.29 is 9.47 Å². The second kappa shape index (κ2) is 10.1. The number of hydrogen-bond acceptors (Lipinski definition) is 3. The van der Waals surface area contributed by atoms with Crippen LogP contribution in [0.2, 0.25) is 0 Å². The van der Waals surface area contributed by atoms with Crippen LogP contribution in [0.5, 0.6) is 11.5 Å². The number of halogens is 1. The lowest BCUT2D eigenvalue weighted by Crippen LogP contribution is -2.23. The van der Waals surface area contributed by atoms with Crippen molar-refractivity contribution in [1.82, 2.24) is 4.98 Å². The summed E-state index contributed by atoms with van der Waals surface area (Å²) in [4.78, 5) is 7.70. The molecule has 4 N–H and O–H groups in total. The maximum Gasteiger partial charge on any atom is 0.193 e. The molecule has 6 nitrogen and oxygen atoms in total. The summed E-state index contributed by atoms with van der Waals surface area (Å²) >= 11 is 0.